The van der Waals surface area contributed by atoms with E-state index in [-0.39, 0.29) is 0 Å². The third-order valence-corrected chi connectivity index (χ3v) is 2.66. The van der Waals surface area contributed by atoms with Crippen LogP contribution in [0.15, 0.2) is 22.7 Å². The Balaban J connectivity index is 2.82. The quantitative estimate of drug-likeness (QED) is 0.629. The molecular formula is C11H11BrO4. The largest absolute Gasteiger partial charge is 0.479 e. The Morgan fingerprint density at radius 1 is 1.50 bits per heavy atom. The average Bonchev–Trinajstić information content (AvgIpc) is 2.30. The van der Waals surface area contributed by atoms with E-state index in [1.54, 1.807) is 25.1 Å². The Bertz CT molecular complexity index is 403. The first-order valence-electron chi connectivity index (χ1n) is 4.57. The van der Waals surface area contributed by atoms with E-state index in [2.05, 4.69) is 20.7 Å². The van der Waals surface area contributed by atoms with Gasteiger partial charge in [0, 0.05) is 10.0 Å². The topological polar surface area (TPSA) is 52.6 Å². The van der Waals surface area contributed by atoms with Crippen LogP contribution in [-0.4, -0.2) is 25.5 Å². The van der Waals surface area contributed by atoms with E-state index >= 15 is 0 Å². The van der Waals surface area contributed by atoms with Crippen LogP contribution < -0.4 is 4.74 Å². The lowest BCUT2D eigenvalue weighted by molar-refractivity contribution is -0.147. The van der Waals surface area contributed by atoms with E-state index in [1.807, 2.05) is 0 Å². The highest BCUT2D eigenvalue weighted by molar-refractivity contribution is 9.10. The Morgan fingerprint density at radius 3 is 2.75 bits per heavy atom. The molecule has 0 heterocycles. The zero-order chi connectivity index (χ0) is 12.1. The zero-order valence-electron chi connectivity index (χ0n) is 8.90. The van der Waals surface area contributed by atoms with Gasteiger partial charge in [-0.25, -0.2) is 4.79 Å². The molecular weight excluding hydrogens is 276 g/mol. The highest BCUT2D eigenvalue weighted by Gasteiger charge is 2.15. The van der Waals surface area contributed by atoms with Gasteiger partial charge in [-0.1, -0.05) is 15.9 Å². The van der Waals surface area contributed by atoms with Crippen molar-refractivity contribution in [2.75, 3.05) is 7.11 Å². The van der Waals surface area contributed by atoms with Crippen molar-refractivity contribution >= 4 is 28.2 Å². The zero-order valence-corrected chi connectivity index (χ0v) is 10.5. The molecule has 5 heteroatoms. The lowest BCUT2D eigenvalue weighted by atomic mass is 10.2. The maximum atomic E-state index is 11.1. The van der Waals surface area contributed by atoms with Gasteiger partial charge in [0.15, 0.2) is 12.4 Å². The van der Waals surface area contributed by atoms with Crippen LogP contribution in [0.25, 0.3) is 0 Å². The number of carbonyl (C=O) groups is 2. The Labute approximate surface area is 102 Å². The van der Waals surface area contributed by atoms with Gasteiger partial charge in [0.25, 0.3) is 0 Å². The van der Waals surface area contributed by atoms with E-state index in [0.717, 1.165) is 0 Å². The molecule has 0 amide bonds. The Kier molecular flexibility index (Phi) is 4.49. The molecule has 1 aromatic carbocycles. The molecule has 16 heavy (non-hydrogen) atoms. The molecule has 0 aliphatic carbocycles. The number of benzene rings is 1. The van der Waals surface area contributed by atoms with Crippen LogP contribution in [-0.2, 0) is 9.53 Å². The van der Waals surface area contributed by atoms with Crippen molar-refractivity contribution in [3.8, 4) is 5.75 Å². The lowest BCUT2D eigenvalue weighted by Gasteiger charge is -2.12. The van der Waals surface area contributed by atoms with Gasteiger partial charge >= 0.3 is 5.97 Å². The predicted octanol–water partition coefficient (Wildman–Crippen LogP) is 2.20. The summed E-state index contributed by atoms with van der Waals surface area (Å²) >= 11 is 3.22. The lowest BCUT2D eigenvalue weighted by Crippen LogP contribution is -2.24. The number of hydrogen-bond acceptors (Lipinski definition) is 4. The molecule has 1 unspecified atom stereocenters. The van der Waals surface area contributed by atoms with Crippen molar-refractivity contribution in [2.24, 2.45) is 0 Å². The van der Waals surface area contributed by atoms with E-state index in [4.69, 9.17) is 4.74 Å². The van der Waals surface area contributed by atoms with Crippen LogP contribution in [0.5, 0.6) is 5.75 Å². The molecule has 0 spiro atoms. The van der Waals surface area contributed by atoms with E-state index in [1.165, 1.54) is 7.11 Å². The fourth-order valence-electron chi connectivity index (χ4n) is 1.10. The second-order valence-electron chi connectivity index (χ2n) is 3.08. The van der Waals surface area contributed by atoms with E-state index in [9.17, 15) is 9.59 Å². The standard InChI is InChI=1S/C11H11BrO4/c1-7(11(14)15-2)16-9-3-4-10(12)8(5-9)6-13/h3-7H,1-2H3. The van der Waals surface area contributed by atoms with Crippen LogP contribution in [0.1, 0.15) is 17.3 Å². The third-order valence-electron chi connectivity index (χ3n) is 1.94. The summed E-state index contributed by atoms with van der Waals surface area (Å²) in [5, 5.41) is 0. The van der Waals surface area contributed by atoms with Crippen molar-refractivity contribution in [1.29, 1.82) is 0 Å². The normalized spacial score (nSPS) is 11.7. The molecule has 0 radical (unpaired) electrons. The van der Waals surface area contributed by atoms with Gasteiger partial charge in [-0.3, -0.25) is 4.79 Å². The summed E-state index contributed by atoms with van der Waals surface area (Å²) in [6, 6.07) is 4.90. The number of methoxy groups -OCH3 is 1. The van der Waals surface area contributed by atoms with Crippen LogP contribution >= 0.6 is 15.9 Å². The summed E-state index contributed by atoms with van der Waals surface area (Å²) in [5.74, 6) is -0.0150. The number of esters is 1. The van der Waals surface area contributed by atoms with E-state index < -0.39 is 12.1 Å². The van der Waals surface area contributed by atoms with Crippen molar-refractivity contribution < 1.29 is 19.1 Å². The third kappa shape index (κ3) is 3.06. The number of carbonyl (C=O) groups excluding carboxylic acids is 2. The molecule has 4 nitrogen and oxygen atoms in total. The first-order chi connectivity index (χ1) is 7.58. The Morgan fingerprint density at radius 2 is 2.19 bits per heavy atom. The van der Waals surface area contributed by atoms with Crippen molar-refractivity contribution in [3.63, 3.8) is 0 Å². The van der Waals surface area contributed by atoms with Gasteiger partial charge in [0.05, 0.1) is 7.11 Å². The number of aldehydes is 1. The summed E-state index contributed by atoms with van der Waals surface area (Å²) in [6.07, 6.45) is 0.00501. The number of ether oxygens (including phenoxy) is 2. The summed E-state index contributed by atoms with van der Waals surface area (Å²) < 4.78 is 10.5. The predicted molar refractivity (Wildman–Crippen MR) is 61.6 cm³/mol. The summed E-state index contributed by atoms with van der Waals surface area (Å²) in [4.78, 5) is 21.8. The van der Waals surface area contributed by atoms with Gasteiger partial charge in [-0.05, 0) is 25.1 Å². The number of hydrogen-bond donors (Lipinski definition) is 0. The minimum Gasteiger partial charge on any atom is -0.479 e. The Hall–Kier alpha value is -1.36. The molecule has 1 rings (SSSR count). The fourth-order valence-corrected chi connectivity index (χ4v) is 1.44. The highest BCUT2D eigenvalue weighted by Crippen LogP contribution is 2.22. The highest BCUT2D eigenvalue weighted by atomic mass is 79.9. The van der Waals surface area contributed by atoms with Gasteiger partial charge in [0.2, 0.25) is 0 Å². The van der Waals surface area contributed by atoms with Crippen LogP contribution in [0.2, 0.25) is 0 Å². The smallest absolute Gasteiger partial charge is 0.346 e. The average molecular weight is 287 g/mol. The van der Waals surface area contributed by atoms with Crippen LogP contribution in [0, 0.1) is 0 Å². The minimum atomic E-state index is -0.703. The second-order valence-corrected chi connectivity index (χ2v) is 3.94. The number of rotatable bonds is 4. The second kappa shape index (κ2) is 5.65. The summed E-state index contributed by atoms with van der Waals surface area (Å²) in [7, 11) is 1.29. The number of halogens is 1. The fraction of sp³-hybridized carbons (Fsp3) is 0.273. The molecule has 1 atom stereocenters. The molecule has 0 bridgehead atoms. The SMILES string of the molecule is COC(=O)C(C)Oc1ccc(Br)c(C=O)c1. The minimum absolute atomic E-state index is 0.447. The molecule has 0 aliphatic heterocycles. The van der Waals surface area contributed by atoms with Gasteiger partial charge in [-0.15, -0.1) is 0 Å². The van der Waals surface area contributed by atoms with E-state index in [0.29, 0.717) is 22.1 Å². The van der Waals surface area contributed by atoms with Crippen LogP contribution in [0.3, 0.4) is 0 Å². The van der Waals surface area contributed by atoms with Crippen LogP contribution in [0.4, 0.5) is 0 Å². The molecule has 0 aromatic heterocycles. The molecule has 86 valence electrons. The monoisotopic (exact) mass is 286 g/mol. The first kappa shape index (κ1) is 12.7. The molecule has 0 N–H and O–H groups in total. The molecule has 0 aliphatic rings. The summed E-state index contributed by atoms with van der Waals surface area (Å²) in [5.41, 5.74) is 0.467. The van der Waals surface area contributed by atoms with Gasteiger partial charge < -0.3 is 9.47 Å². The van der Waals surface area contributed by atoms with Crippen molar-refractivity contribution in [2.45, 2.75) is 13.0 Å². The molecule has 0 saturated heterocycles. The summed E-state index contributed by atoms with van der Waals surface area (Å²) in [6.45, 7) is 1.58. The molecule has 1 aromatic rings. The maximum absolute atomic E-state index is 11.1. The van der Waals surface area contributed by atoms with Crippen molar-refractivity contribution in [1.82, 2.24) is 0 Å². The molecule has 0 saturated carbocycles. The van der Waals surface area contributed by atoms with Crippen molar-refractivity contribution in [3.05, 3.63) is 28.2 Å². The molecule has 0 fully saturated rings. The van der Waals surface area contributed by atoms with Gasteiger partial charge in [0.1, 0.15) is 5.75 Å². The maximum Gasteiger partial charge on any atom is 0.346 e. The first-order valence-corrected chi connectivity index (χ1v) is 5.37. The van der Waals surface area contributed by atoms with Gasteiger partial charge in [-0.2, -0.15) is 0 Å².